The average Bonchev–Trinajstić information content (AvgIpc) is 2.21. The van der Waals surface area contributed by atoms with Gasteiger partial charge in [-0.05, 0) is 19.4 Å². The Hall–Kier alpha value is -1.10. The van der Waals surface area contributed by atoms with Gasteiger partial charge in [0.25, 0.3) is 0 Å². The Bertz CT molecular complexity index is 186. The van der Waals surface area contributed by atoms with Gasteiger partial charge in [0, 0.05) is 13.1 Å². The number of hydrogen-bond donors (Lipinski definition) is 2. The number of hydrogen-bond acceptors (Lipinski definition) is 3. The van der Waals surface area contributed by atoms with E-state index in [2.05, 4.69) is 12.2 Å². The number of carboxylic acid groups (broad SMARTS) is 1. The molecular weight excluding hydrogens is 196 g/mol. The molecule has 15 heavy (non-hydrogen) atoms. The molecule has 2 N–H and O–H groups in total. The van der Waals surface area contributed by atoms with Gasteiger partial charge in [0.05, 0.1) is 6.54 Å². The molecule has 0 saturated heterocycles. The number of nitrogens with zero attached hydrogens (tertiary/aromatic N) is 1. The number of carbonyl (C=O) groups is 2. The zero-order chi connectivity index (χ0) is 11.5. The topological polar surface area (TPSA) is 69.6 Å². The van der Waals surface area contributed by atoms with E-state index >= 15 is 0 Å². The monoisotopic (exact) mass is 216 g/mol. The van der Waals surface area contributed by atoms with Crippen LogP contribution in [-0.4, -0.2) is 48.6 Å². The van der Waals surface area contributed by atoms with Crippen LogP contribution in [-0.2, 0) is 9.59 Å². The standard InChI is InChI=1S/C10H20N2O3/c1-2-3-6-12(9-13)7-4-5-11-8-10(14)15/h9,11H,2-8H2,1H3,(H,14,15). The maximum absolute atomic E-state index is 10.6. The van der Waals surface area contributed by atoms with Gasteiger partial charge < -0.3 is 15.3 Å². The molecule has 0 fully saturated rings. The zero-order valence-electron chi connectivity index (χ0n) is 9.24. The summed E-state index contributed by atoms with van der Waals surface area (Å²) in [4.78, 5) is 22.5. The lowest BCUT2D eigenvalue weighted by molar-refractivity contribution is -0.136. The second-order valence-electron chi connectivity index (χ2n) is 3.42. The summed E-state index contributed by atoms with van der Waals surface area (Å²) in [5.74, 6) is -0.853. The molecule has 0 heterocycles. The number of aliphatic carboxylic acids is 1. The van der Waals surface area contributed by atoms with Gasteiger partial charge in [-0.15, -0.1) is 0 Å². The molecule has 5 heteroatoms. The molecule has 0 spiro atoms. The Morgan fingerprint density at radius 1 is 1.40 bits per heavy atom. The minimum atomic E-state index is -0.853. The van der Waals surface area contributed by atoms with Gasteiger partial charge in [-0.1, -0.05) is 13.3 Å². The van der Waals surface area contributed by atoms with Gasteiger partial charge in [-0.2, -0.15) is 0 Å². The fraction of sp³-hybridized carbons (Fsp3) is 0.800. The van der Waals surface area contributed by atoms with Gasteiger partial charge in [0.2, 0.25) is 6.41 Å². The van der Waals surface area contributed by atoms with Crippen molar-refractivity contribution in [2.75, 3.05) is 26.2 Å². The van der Waals surface area contributed by atoms with Crippen LogP contribution in [0.5, 0.6) is 0 Å². The quantitative estimate of drug-likeness (QED) is 0.407. The molecule has 0 aliphatic rings. The molecule has 5 nitrogen and oxygen atoms in total. The molecule has 0 aliphatic carbocycles. The molecule has 0 bridgehead atoms. The average molecular weight is 216 g/mol. The third-order valence-electron chi connectivity index (χ3n) is 2.02. The van der Waals surface area contributed by atoms with Crippen molar-refractivity contribution >= 4 is 12.4 Å². The number of amides is 1. The summed E-state index contributed by atoms with van der Waals surface area (Å²) in [5.41, 5.74) is 0. The molecule has 88 valence electrons. The van der Waals surface area contributed by atoms with E-state index in [1.165, 1.54) is 0 Å². The first-order valence-electron chi connectivity index (χ1n) is 5.32. The summed E-state index contributed by atoms with van der Waals surface area (Å²) in [5, 5.41) is 11.1. The number of unbranched alkanes of at least 4 members (excludes halogenated alkanes) is 1. The van der Waals surface area contributed by atoms with Crippen molar-refractivity contribution in [3.63, 3.8) is 0 Å². The Morgan fingerprint density at radius 3 is 2.60 bits per heavy atom. The van der Waals surface area contributed by atoms with Crippen molar-refractivity contribution in [3.05, 3.63) is 0 Å². The number of rotatable bonds is 10. The van der Waals surface area contributed by atoms with Crippen LogP contribution >= 0.6 is 0 Å². The Morgan fingerprint density at radius 2 is 2.07 bits per heavy atom. The smallest absolute Gasteiger partial charge is 0.317 e. The molecule has 0 unspecified atom stereocenters. The second-order valence-corrected chi connectivity index (χ2v) is 3.42. The van der Waals surface area contributed by atoms with Crippen LogP contribution in [0.25, 0.3) is 0 Å². The van der Waals surface area contributed by atoms with Crippen molar-refractivity contribution in [1.82, 2.24) is 10.2 Å². The molecule has 0 aromatic rings. The minimum Gasteiger partial charge on any atom is -0.480 e. The first kappa shape index (κ1) is 13.9. The molecule has 0 atom stereocenters. The summed E-state index contributed by atoms with van der Waals surface area (Å²) in [6, 6.07) is 0. The number of carbonyl (C=O) groups excluding carboxylic acids is 1. The second kappa shape index (κ2) is 9.45. The molecule has 1 amide bonds. The van der Waals surface area contributed by atoms with Crippen molar-refractivity contribution in [2.45, 2.75) is 26.2 Å². The fourth-order valence-electron chi connectivity index (χ4n) is 1.18. The predicted molar refractivity (Wildman–Crippen MR) is 57.7 cm³/mol. The van der Waals surface area contributed by atoms with Gasteiger partial charge >= 0.3 is 5.97 Å². The highest BCUT2D eigenvalue weighted by atomic mass is 16.4. The maximum atomic E-state index is 10.6. The van der Waals surface area contributed by atoms with E-state index in [1.807, 2.05) is 0 Å². The number of carboxylic acids is 1. The Balaban J connectivity index is 3.37. The van der Waals surface area contributed by atoms with Gasteiger partial charge in [-0.25, -0.2) is 0 Å². The summed E-state index contributed by atoms with van der Waals surface area (Å²) >= 11 is 0. The van der Waals surface area contributed by atoms with Gasteiger partial charge in [0.1, 0.15) is 0 Å². The van der Waals surface area contributed by atoms with E-state index in [4.69, 9.17) is 5.11 Å². The first-order valence-corrected chi connectivity index (χ1v) is 5.32. The van der Waals surface area contributed by atoms with Crippen LogP contribution in [0.4, 0.5) is 0 Å². The minimum absolute atomic E-state index is 0.0178. The van der Waals surface area contributed by atoms with E-state index in [1.54, 1.807) is 4.90 Å². The van der Waals surface area contributed by atoms with Crippen molar-refractivity contribution in [1.29, 1.82) is 0 Å². The summed E-state index contributed by atoms with van der Waals surface area (Å²) in [6.45, 7) is 4.17. The van der Waals surface area contributed by atoms with Crippen LogP contribution < -0.4 is 5.32 Å². The zero-order valence-corrected chi connectivity index (χ0v) is 9.24. The van der Waals surface area contributed by atoms with Crippen LogP contribution in [0.3, 0.4) is 0 Å². The van der Waals surface area contributed by atoms with Gasteiger partial charge in [-0.3, -0.25) is 9.59 Å². The van der Waals surface area contributed by atoms with Crippen molar-refractivity contribution in [2.24, 2.45) is 0 Å². The molecule has 0 saturated carbocycles. The highest BCUT2D eigenvalue weighted by Gasteiger charge is 2.00. The van der Waals surface area contributed by atoms with Crippen LogP contribution in [0.1, 0.15) is 26.2 Å². The van der Waals surface area contributed by atoms with Crippen molar-refractivity contribution < 1.29 is 14.7 Å². The lowest BCUT2D eigenvalue weighted by atomic mass is 10.3. The van der Waals surface area contributed by atoms with Gasteiger partial charge in [0.15, 0.2) is 0 Å². The van der Waals surface area contributed by atoms with E-state index in [-0.39, 0.29) is 6.54 Å². The Kier molecular flexibility index (Phi) is 8.76. The molecule has 0 rings (SSSR count). The van der Waals surface area contributed by atoms with E-state index in [0.717, 1.165) is 32.2 Å². The highest BCUT2D eigenvalue weighted by Crippen LogP contribution is 1.93. The molecule has 0 aromatic carbocycles. The largest absolute Gasteiger partial charge is 0.480 e. The maximum Gasteiger partial charge on any atom is 0.317 e. The summed E-state index contributed by atoms with van der Waals surface area (Å²) in [7, 11) is 0. The van der Waals surface area contributed by atoms with Crippen molar-refractivity contribution in [3.8, 4) is 0 Å². The first-order chi connectivity index (χ1) is 7.20. The highest BCUT2D eigenvalue weighted by molar-refractivity contribution is 5.68. The van der Waals surface area contributed by atoms with Crippen LogP contribution in [0.15, 0.2) is 0 Å². The lowest BCUT2D eigenvalue weighted by Gasteiger charge is -2.16. The van der Waals surface area contributed by atoms with Crippen LogP contribution in [0, 0.1) is 0 Å². The molecule has 0 radical (unpaired) electrons. The molecule has 0 aromatic heterocycles. The van der Waals surface area contributed by atoms with Crippen LogP contribution in [0.2, 0.25) is 0 Å². The normalized spacial score (nSPS) is 9.93. The van der Waals surface area contributed by atoms with E-state index in [9.17, 15) is 9.59 Å². The molecular formula is C10H20N2O3. The lowest BCUT2D eigenvalue weighted by Crippen LogP contribution is -2.29. The third kappa shape index (κ3) is 9.21. The SMILES string of the molecule is CCCCN(C=O)CCCNCC(=O)O. The molecule has 0 aliphatic heterocycles. The fourth-order valence-corrected chi connectivity index (χ4v) is 1.18. The predicted octanol–water partition coefficient (Wildman–Crippen LogP) is 0.309. The van der Waals surface area contributed by atoms with E-state index in [0.29, 0.717) is 13.1 Å². The van der Waals surface area contributed by atoms with E-state index < -0.39 is 5.97 Å². The Labute approximate surface area is 90.5 Å². The number of nitrogens with one attached hydrogen (secondary N) is 1. The summed E-state index contributed by atoms with van der Waals surface area (Å²) < 4.78 is 0. The summed E-state index contributed by atoms with van der Waals surface area (Å²) in [6.07, 6.45) is 3.73. The third-order valence-corrected chi connectivity index (χ3v) is 2.02.